The molecular formula is C34H28N2O3. The SMILES string of the molecule is CCc1ccccc1NC(=O)c1ccc(N2C(=O)[C@@H]3C4c5ccccc5C(c5ccccc54)[C@]3(C)C2=O)cc1. The summed E-state index contributed by atoms with van der Waals surface area (Å²) >= 11 is 0. The number of hydrogen-bond acceptors (Lipinski definition) is 3. The van der Waals surface area contributed by atoms with Crippen molar-refractivity contribution >= 4 is 29.1 Å². The van der Waals surface area contributed by atoms with Crippen molar-refractivity contribution in [3.63, 3.8) is 0 Å². The molecule has 1 saturated heterocycles. The number of aryl methyl sites for hydroxylation is 1. The number of para-hydroxylation sites is 1. The minimum absolute atomic E-state index is 0.169. The molecule has 1 heterocycles. The highest BCUT2D eigenvalue weighted by Crippen LogP contribution is 2.67. The summed E-state index contributed by atoms with van der Waals surface area (Å²) in [6.45, 7) is 4.01. The normalized spacial score (nSPS) is 24.3. The summed E-state index contributed by atoms with van der Waals surface area (Å²) in [6.07, 6.45) is 0.810. The summed E-state index contributed by atoms with van der Waals surface area (Å²) in [7, 11) is 0. The van der Waals surface area contributed by atoms with Gasteiger partial charge in [0.2, 0.25) is 11.8 Å². The summed E-state index contributed by atoms with van der Waals surface area (Å²) in [5.74, 6) is -1.41. The summed E-state index contributed by atoms with van der Waals surface area (Å²) in [5, 5.41) is 2.98. The van der Waals surface area contributed by atoms with Crippen molar-refractivity contribution in [1.82, 2.24) is 0 Å². The Bertz CT molecular complexity index is 1630. The van der Waals surface area contributed by atoms with Crippen LogP contribution in [0.5, 0.6) is 0 Å². The van der Waals surface area contributed by atoms with Crippen LogP contribution >= 0.6 is 0 Å². The number of imide groups is 1. The summed E-state index contributed by atoms with van der Waals surface area (Å²) in [4.78, 5) is 42.7. The molecule has 0 saturated carbocycles. The lowest BCUT2D eigenvalue weighted by molar-refractivity contribution is -0.128. The molecule has 0 aromatic heterocycles. The number of carbonyl (C=O) groups excluding carboxylic acids is 3. The van der Waals surface area contributed by atoms with Crippen LogP contribution in [0.15, 0.2) is 97.1 Å². The molecule has 1 fully saturated rings. The molecular weight excluding hydrogens is 484 g/mol. The third-order valence-corrected chi connectivity index (χ3v) is 9.05. The fraction of sp³-hybridized carbons (Fsp3) is 0.206. The van der Waals surface area contributed by atoms with E-state index in [9.17, 15) is 14.4 Å². The lowest BCUT2D eigenvalue weighted by Gasteiger charge is -2.51. The van der Waals surface area contributed by atoms with Gasteiger partial charge in [0.05, 0.1) is 17.0 Å². The summed E-state index contributed by atoms with van der Waals surface area (Å²) < 4.78 is 0. The van der Waals surface area contributed by atoms with Gasteiger partial charge in [-0.15, -0.1) is 0 Å². The van der Waals surface area contributed by atoms with Crippen LogP contribution in [0.1, 0.15) is 63.9 Å². The van der Waals surface area contributed by atoms with Gasteiger partial charge in [-0.05, 0) is 71.5 Å². The topological polar surface area (TPSA) is 66.5 Å². The van der Waals surface area contributed by atoms with E-state index in [1.165, 1.54) is 4.90 Å². The van der Waals surface area contributed by atoms with Gasteiger partial charge < -0.3 is 5.32 Å². The van der Waals surface area contributed by atoms with E-state index >= 15 is 0 Å². The maximum absolute atomic E-state index is 14.2. The molecule has 0 radical (unpaired) electrons. The molecule has 5 heteroatoms. The van der Waals surface area contributed by atoms with Gasteiger partial charge in [-0.3, -0.25) is 14.4 Å². The van der Waals surface area contributed by atoms with Gasteiger partial charge >= 0.3 is 0 Å². The number of anilines is 2. The Balaban J connectivity index is 1.24. The Morgan fingerprint density at radius 2 is 1.36 bits per heavy atom. The predicted molar refractivity (Wildman–Crippen MR) is 151 cm³/mol. The van der Waals surface area contributed by atoms with Crippen molar-refractivity contribution in [1.29, 1.82) is 0 Å². The third-order valence-electron chi connectivity index (χ3n) is 9.05. The van der Waals surface area contributed by atoms with Gasteiger partial charge in [0, 0.05) is 23.1 Å². The molecule has 39 heavy (non-hydrogen) atoms. The maximum Gasteiger partial charge on any atom is 0.255 e. The standard InChI is InChI=1S/C34H28N2O3/c1-3-20-10-4-9-15-27(20)35-31(37)21-16-18-22(19-17-21)36-32(38)30-28-23-11-5-7-13-25(23)29(34(30,2)33(36)39)26-14-8-6-12-24(26)28/h4-19,28-30H,3H2,1-2H3,(H,35,37)/t28?,29?,30-,34-/m0/s1. The summed E-state index contributed by atoms with van der Waals surface area (Å²) in [6, 6.07) is 31.0. The van der Waals surface area contributed by atoms with Crippen molar-refractivity contribution in [2.24, 2.45) is 11.3 Å². The van der Waals surface area contributed by atoms with Crippen molar-refractivity contribution < 1.29 is 14.4 Å². The highest BCUT2D eigenvalue weighted by atomic mass is 16.2. The number of carbonyl (C=O) groups is 3. The second-order valence-electron chi connectivity index (χ2n) is 10.9. The van der Waals surface area contributed by atoms with Crippen molar-refractivity contribution in [2.75, 3.05) is 10.2 Å². The van der Waals surface area contributed by atoms with Crippen molar-refractivity contribution in [2.45, 2.75) is 32.1 Å². The van der Waals surface area contributed by atoms with Crippen molar-refractivity contribution in [3.8, 4) is 0 Å². The lowest BCUT2D eigenvalue weighted by Crippen LogP contribution is -2.49. The van der Waals surface area contributed by atoms with E-state index in [4.69, 9.17) is 0 Å². The van der Waals surface area contributed by atoms with Crippen LogP contribution in [0, 0.1) is 11.3 Å². The Morgan fingerprint density at radius 3 is 1.97 bits per heavy atom. The first-order chi connectivity index (χ1) is 18.9. The van der Waals surface area contributed by atoms with Crippen LogP contribution in [-0.2, 0) is 16.0 Å². The Morgan fingerprint density at radius 1 is 0.795 bits per heavy atom. The number of nitrogens with one attached hydrogen (secondary N) is 1. The number of amides is 3. The average molecular weight is 513 g/mol. The van der Waals surface area contributed by atoms with E-state index < -0.39 is 11.3 Å². The van der Waals surface area contributed by atoms with Gasteiger partial charge in [-0.1, -0.05) is 73.7 Å². The molecule has 3 aliphatic carbocycles. The maximum atomic E-state index is 14.2. The lowest BCUT2D eigenvalue weighted by atomic mass is 9.48. The monoisotopic (exact) mass is 512 g/mol. The van der Waals surface area contributed by atoms with Gasteiger partial charge in [-0.2, -0.15) is 0 Å². The van der Waals surface area contributed by atoms with E-state index in [-0.39, 0.29) is 29.6 Å². The first kappa shape index (κ1) is 23.6. The minimum Gasteiger partial charge on any atom is -0.322 e. The first-order valence-electron chi connectivity index (χ1n) is 13.5. The molecule has 2 atom stereocenters. The third kappa shape index (κ3) is 3.16. The average Bonchev–Trinajstić information content (AvgIpc) is 3.18. The van der Waals surface area contributed by atoms with Crippen LogP contribution in [0.25, 0.3) is 0 Å². The van der Waals surface area contributed by atoms with E-state index in [1.807, 2.05) is 62.4 Å². The molecule has 4 aromatic rings. The largest absolute Gasteiger partial charge is 0.322 e. The van der Waals surface area contributed by atoms with Crippen LogP contribution < -0.4 is 10.2 Å². The molecule has 1 N–H and O–H groups in total. The number of benzene rings is 4. The Kier molecular flexibility index (Phi) is 5.14. The van der Waals surface area contributed by atoms with Gasteiger partial charge in [0.25, 0.3) is 5.91 Å². The molecule has 4 aliphatic rings. The number of nitrogens with zero attached hydrogens (tertiary/aromatic N) is 1. The first-order valence-corrected chi connectivity index (χ1v) is 13.5. The highest BCUT2D eigenvalue weighted by Gasteiger charge is 2.68. The van der Waals surface area contributed by atoms with Gasteiger partial charge in [0.15, 0.2) is 0 Å². The molecule has 0 unspecified atom stereocenters. The van der Waals surface area contributed by atoms with Crippen LogP contribution in [0.3, 0.4) is 0 Å². The van der Waals surface area contributed by atoms with Gasteiger partial charge in [-0.25, -0.2) is 4.90 Å². The second kappa shape index (κ2) is 8.50. The Hall–Kier alpha value is -4.51. The Labute approximate surface area is 227 Å². The molecule has 4 aromatic carbocycles. The molecule has 5 nitrogen and oxygen atoms in total. The molecule has 0 spiro atoms. The second-order valence-corrected chi connectivity index (χ2v) is 10.9. The highest BCUT2D eigenvalue weighted by molar-refractivity contribution is 6.25. The van der Waals surface area contributed by atoms with E-state index in [0.717, 1.165) is 39.9 Å². The fourth-order valence-electron chi connectivity index (χ4n) is 7.27. The number of rotatable bonds is 4. The fourth-order valence-corrected chi connectivity index (χ4v) is 7.27. The zero-order chi connectivity index (χ0) is 26.9. The van der Waals surface area contributed by atoms with Crippen LogP contribution in [0.4, 0.5) is 11.4 Å². The van der Waals surface area contributed by atoms with Crippen molar-refractivity contribution in [3.05, 3.63) is 130 Å². The molecule has 1 aliphatic heterocycles. The number of hydrogen-bond donors (Lipinski definition) is 1. The molecule has 2 bridgehead atoms. The van der Waals surface area contributed by atoms with Crippen LogP contribution in [0.2, 0.25) is 0 Å². The predicted octanol–water partition coefficient (Wildman–Crippen LogP) is 6.29. The molecule has 192 valence electrons. The molecule has 8 rings (SSSR count). The zero-order valence-corrected chi connectivity index (χ0v) is 21.8. The van der Waals surface area contributed by atoms with E-state index in [2.05, 4.69) is 29.6 Å². The molecule has 3 amide bonds. The summed E-state index contributed by atoms with van der Waals surface area (Å²) in [5.41, 5.74) is 6.49. The smallest absolute Gasteiger partial charge is 0.255 e. The van der Waals surface area contributed by atoms with Crippen LogP contribution in [-0.4, -0.2) is 17.7 Å². The van der Waals surface area contributed by atoms with Gasteiger partial charge in [0.1, 0.15) is 0 Å². The van der Waals surface area contributed by atoms with E-state index in [0.29, 0.717) is 11.3 Å². The quantitative estimate of drug-likeness (QED) is 0.327. The minimum atomic E-state index is -0.885. The van der Waals surface area contributed by atoms with E-state index in [1.54, 1.807) is 24.3 Å². The zero-order valence-electron chi connectivity index (χ0n) is 21.8.